The molecule has 0 bridgehead atoms. The summed E-state index contributed by atoms with van der Waals surface area (Å²) in [5.41, 5.74) is -0.561. The zero-order valence-electron chi connectivity index (χ0n) is 22.6. The molecule has 2 fully saturated rings. The fraction of sp³-hybridized carbons (Fsp3) is 0.464. The van der Waals surface area contributed by atoms with Crippen LogP contribution in [-0.4, -0.2) is 121 Å². The van der Waals surface area contributed by atoms with Crippen LogP contribution in [0.5, 0.6) is 17.2 Å². The van der Waals surface area contributed by atoms with Gasteiger partial charge in [-0.05, 0) is 24.3 Å². The molecule has 1 aromatic heterocycles. The van der Waals surface area contributed by atoms with Gasteiger partial charge in [0.25, 0.3) is 0 Å². The molecule has 15 heteroatoms. The highest BCUT2D eigenvalue weighted by molar-refractivity contribution is 5.88. The predicted octanol–water partition coefficient (Wildman–Crippen LogP) is -2.13. The zero-order valence-corrected chi connectivity index (χ0v) is 22.6. The van der Waals surface area contributed by atoms with E-state index < -0.39 is 85.6 Å². The molecule has 10 atom stereocenters. The molecule has 2 aliphatic heterocycles. The summed E-state index contributed by atoms with van der Waals surface area (Å²) in [6.07, 6.45) is -15.2. The molecular weight excluding hydrogens is 576 g/mol. The zero-order chi connectivity index (χ0) is 31.2. The van der Waals surface area contributed by atoms with Crippen molar-refractivity contribution in [2.24, 2.45) is 0 Å². The molecule has 9 N–H and O–H groups in total. The summed E-state index contributed by atoms with van der Waals surface area (Å²) >= 11 is 0. The summed E-state index contributed by atoms with van der Waals surface area (Å²) < 4.78 is 27.7. The largest absolute Gasteiger partial charge is 0.506 e. The van der Waals surface area contributed by atoms with Crippen LogP contribution < -0.4 is 14.9 Å². The van der Waals surface area contributed by atoms with E-state index in [1.807, 2.05) is 0 Å². The first-order valence-electron chi connectivity index (χ1n) is 13.3. The molecule has 0 saturated carbocycles. The number of ether oxygens (including phenoxy) is 4. The first-order chi connectivity index (χ1) is 20.5. The molecule has 15 nitrogen and oxygen atoms in total. The van der Waals surface area contributed by atoms with Crippen LogP contribution >= 0.6 is 0 Å². The maximum Gasteiger partial charge on any atom is 0.229 e. The minimum Gasteiger partial charge on any atom is -0.506 e. The Morgan fingerprint density at radius 3 is 2.00 bits per heavy atom. The molecule has 3 heterocycles. The number of aliphatic hydroxyl groups is 8. The second-order valence-electron chi connectivity index (χ2n) is 10.3. The lowest BCUT2D eigenvalue weighted by atomic mass is 9.89. The minimum absolute atomic E-state index is 0.0714. The van der Waals surface area contributed by atoms with Crippen LogP contribution in [-0.2, 0) is 9.47 Å². The monoisotopic (exact) mass is 608 g/mol. The van der Waals surface area contributed by atoms with Gasteiger partial charge in [-0.25, -0.2) is 0 Å². The average Bonchev–Trinajstić information content (AvgIpc) is 3.00. The lowest BCUT2D eigenvalue weighted by Gasteiger charge is -2.40. The van der Waals surface area contributed by atoms with Gasteiger partial charge < -0.3 is 69.3 Å². The maximum atomic E-state index is 13.2. The molecule has 0 aliphatic carbocycles. The molecule has 2 aliphatic rings. The van der Waals surface area contributed by atoms with Crippen LogP contribution in [0.3, 0.4) is 0 Å². The van der Waals surface area contributed by atoms with Crippen molar-refractivity contribution >= 4 is 11.0 Å². The lowest BCUT2D eigenvalue weighted by Crippen LogP contribution is -2.60. The van der Waals surface area contributed by atoms with Crippen molar-refractivity contribution in [1.82, 2.24) is 0 Å². The molecular formula is C28H32O15. The summed E-state index contributed by atoms with van der Waals surface area (Å²) in [4.78, 5) is 13.2. The van der Waals surface area contributed by atoms with Crippen LogP contribution in [0.25, 0.3) is 22.3 Å². The normalized spacial score (nSPS) is 33.0. The summed E-state index contributed by atoms with van der Waals surface area (Å²) in [7, 11) is 1.25. The number of phenolic OH excluding ortho intramolecular Hbond substituents is 1. The van der Waals surface area contributed by atoms with Crippen molar-refractivity contribution in [3.8, 4) is 28.6 Å². The van der Waals surface area contributed by atoms with E-state index in [0.29, 0.717) is 5.56 Å². The van der Waals surface area contributed by atoms with Gasteiger partial charge in [0.15, 0.2) is 5.43 Å². The number of hydrogen-bond donors (Lipinski definition) is 9. The topological polar surface area (TPSA) is 249 Å². The third-order valence-corrected chi connectivity index (χ3v) is 7.63. The third kappa shape index (κ3) is 5.56. The maximum absolute atomic E-state index is 13.2. The number of methoxy groups -OCH3 is 1. The van der Waals surface area contributed by atoms with Crippen molar-refractivity contribution in [2.45, 2.75) is 61.2 Å². The summed E-state index contributed by atoms with van der Waals surface area (Å²) in [5.74, 6) is -0.459. The molecule has 234 valence electrons. The number of fused-ring (bicyclic) bond motifs is 1. The number of aliphatic hydroxyl groups excluding tert-OH is 8. The smallest absolute Gasteiger partial charge is 0.229 e. The van der Waals surface area contributed by atoms with E-state index in [2.05, 4.69) is 0 Å². The van der Waals surface area contributed by atoms with Crippen LogP contribution in [0.15, 0.2) is 45.6 Å². The predicted molar refractivity (Wildman–Crippen MR) is 143 cm³/mol. The first kappa shape index (κ1) is 31.1. The SMILES string of the molecule is COc1cc2oc(-c3ccc(OC4OC(CO)C(O)C(O)C4O)cc3)cc(=O)c2c(O)c1C1OC(CO)C(O)C(O)C1O. The summed E-state index contributed by atoms with van der Waals surface area (Å²) in [5, 5.41) is 90.8. The highest BCUT2D eigenvalue weighted by Crippen LogP contribution is 2.45. The molecule has 0 amide bonds. The molecule has 2 saturated heterocycles. The van der Waals surface area contributed by atoms with Crippen molar-refractivity contribution in [3.63, 3.8) is 0 Å². The Balaban J connectivity index is 1.45. The molecule has 43 heavy (non-hydrogen) atoms. The van der Waals surface area contributed by atoms with Gasteiger partial charge in [-0.15, -0.1) is 0 Å². The van der Waals surface area contributed by atoms with Crippen LogP contribution in [0, 0.1) is 0 Å². The minimum atomic E-state index is -1.75. The van der Waals surface area contributed by atoms with Gasteiger partial charge in [0.2, 0.25) is 6.29 Å². The fourth-order valence-electron chi connectivity index (χ4n) is 5.22. The number of hydrogen-bond acceptors (Lipinski definition) is 15. The van der Waals surface area contributed by atoms with Gasteiger partial charge in [-0.1, -0.05) is 0 Å². The average molecular weight is 609 g/mol. The Bertz CT molecular complexity index is 1490. The van der Waals surface area contributed by atoms with Crippen molar-refractivity contribution in [1.29, 1.82) is 0 Å². The molecule has 10 unspecified atom stereocenters. The number of rotatable bonds is 7. The molecule has 0 radical (unpaired) electrons. The second kappa shape index (κ2) is 12.3. The number of phenols is 1. The molecule has 0 spiro atoms. The third-order valence-electron chi connectivity index (χ3n) is 7.63. The van der Waals surface area contributed by atoms with Gasteiger partial charge in [-0.3, -0.25) is 4.79 Å². The Kier molecular flexibility index (Phi) is 8.92. The van der Waals surface area contributed by atoms with E-state index in [1.54, 1.807) is 0 Å². The van der Waals surface area contributed by atoms with Gasteiger partial charge >= 0.3 is 0 Å². The quantitative estimate of drug-likeness (QED) is 0.139. The second-order valence-corrected chi connectivity index (χ2v) is 10.3. The molecule has 3 aromatic rings. The molecule has 2 aromatic carbocycles. The Morgan fingerprint density at radius 1 is 0.791 bits per heavy atom. The fourth-order valence-corrected chi connectivity index (χ4v) is 5.22. The Morgan fingerprint density at radius 2 is 1.40 bits per heavy atom. The first-order valence-corrected chi connectivity index (χ1v) is 13.3. The van der Waals surface area contributed by atoms with Crippen LogP contribution in [0.2, 0.25) is 0 Å². The van der Waals surface area contributed by atoms with E-state index in [1.165, 1.54) is 37.4 Å². The van der Waals surface area contributed by atoms with E-state index >= 15 is 0 Å². The number of benzene rings is 2. The van der Waals surface area contributed by atoms with Crippen LogP contribution in [0.1, 0.15) is 11.7 Å². The van der Waals surface area contributed by atoms with Crippen molar-refractivity contribution < 1.29 is 69.3 Å². The summed E-state index contributed by atoms with van der Waals surface area (Å²) in [6.45, 7) is -1.31. The Hall–Kier alpha value is -3.35. The van der Waals surface area contributed by atoms with Gasteiger partial charge in [0, 0.05) is 17.7 Å². The van der Waals surface area contributed by atoms with Gasteiger partial charge in [0.05, 0.1) is 25.9 Å². The lowest BCUT2D eigenvalue weighted by molar-refractivity contribution is -0.277. The highest BCUT2D eigenvalue weighted by Gasteiger charge is 2.47. The van der Waals surface area contributed by atoms with E-state index in [4.69, 9.17) is 23.4 Å². The van der Waals surface area contributed by atoms with E-state index in [0.717, 1.165) is 6.07 Å². The van der Waals surface area contributed by atoms with E-state index in [9.17, 15) is 50.8 Å². The van der Waals surface area contributed by atoms with Crippen LogP contribution in [0.4, 0.5) is 0 Å². The summed E-state index contributed by atoms with van der Waals surface area (Å²) in [6, 6.07) is 8.35. The van der Waals surface area contributed by atoms with Gasteiger partial charge in [0.1, 0.15) is 88.9 Å². The van der Waals surface area contributed by atoms with E-state index in [-0.39, 0.29) is 33.8 Å². The van der Waals surface area contributed by atoms with Gasteiger partial charge in [-0.2, -0.15) is 0 Å². The molecule has 5 rings (SSSR count). The number of aromatic hydroxyl groups is 1. The van der Waals surface area contributed by atoms with Crippen molar-refractivity contribution in [3.05, 3.63) is 52.2 Å². The standard InChI is InChI=1S/C28H32O15/c1-39-14-7-15-18(22(34)19(14)27-25(37)23(35)20(32)16(8-29)42-27)12(31)6-13(41-15)10-2-4-11(5-3-10)40-28-26(38)24(36)21(33)17(9-30)43-28/h2-7,16-17,20-21,23-30,32-38H,8-9H2,1H3. The Labute approximate surface area is 242 Å². The van der Waals surface area contributed by atoms with Crippen molar-refractivity contribution in [2.75, 3.05) is 20.3 Å². The highest BCUT2D eigenvalue weighted by atomic mass is 16.7.